The molecule has 0 saturated carbocycles. The molecule has 4 heteroatoms. The van der Waals surface area contributed by atoms with Gasteiger partial charge in [0.25, 0.3) is 0 Å². The molecule has 0 bridgehead atoms. The van der Waals surface area contributed by atoms with E-state index in [4.69, 9.17) is 9.97 Å². The van der Waals surface area contributed by atoms with Crippen molar-refractivity contribution in [3.05, 3.63) is 193 Å². The van der Waals surface area contributed by atoms with Gasteiger partial charge in [-0.2, -0.15) is 0 Å². The molecule has 0 amide bonds. The van der Waals surface area contributed by atoms with Gasteiger partial charge in [-0.15, -0.1) is 22.7 Å². The molecule has 2 nitrogen and oxygen atoms in total. The molecule has 1 aliphatic rings. The number of aromatic nitrogens is 2. The van der Waals surface area contributed by atoms with E-state index in [9.17, 15) is 0 Å². The summed E-state index contributed by atoms with van der Waals surface area (Å²) < 4.78 is 5.16. The van der Waals surface area contributed by atoms with E-state index in [-0.39, 0.29) is 5.41 Å². The highest BCUT2D eigenvalue weighted by atomic mass is 32.1. The summed E-state index contributed by atoms with van der Waals surface area (Å²) in [4.78, 5) is 11.0. The van der Waals surface area contributed by atoms with E-state index in [0.29, 0.717) is 0 Å². The molecule has 11 aromatic rings. The molecule has 0 N–H and O–H groups in total. The Kier molecular flexibility index (Phi) is 7.65. The van der Waals surface area contributed by atoms with Crippen LogP contribution in [0.3, 0.4) is 0 Å². The van der Waals surface area contributed by atoms with E-state index in [1.807, 2.05) is 22.7 Å². The highest BCUT2D eigenvalue weighted by Crippen LogP contribution is 2.52. The largest absolute Gasteiger partial charge is 0.228 e. The first-order valence-electron chi connectivity index (χ1n) is 20.1. The van der Waals surface area contributed by atoms with Gasteiger partial charge in [-0.3, -0.25) is 0 Å². The van der Waals surface area contributed by atoms with Crippen molar-refractivity contribution < 1.29 is 0 Å². The van der Waals surface area contributed by atoms with E-state index in [0.717, 1.165) is 45.0 Å². The second-order valence-electron chi connectivity index (χ2n) is 16.1. The van der Waals surface area contributed by atoms with Crippen molar-refractivity contribution >= 4 is 63.0 Å². The maximum Gasteiger partial charge on any atom is 0.160 e. The Hall–Kier alpha value is -6.72. The fraction of sp³-hybridized carbons (Fsp3) is 0.0545. The zero-order chi connectivity index (χ0) is 39.2. The van der Waals surface area contributed by atoms with Gasteiger partial charge in [-0.1, -0.05) is 129 Å². The molecule has 278 valence electrons. The van der Waals surface area contributed by atoms with Gasteiger partial charge in [0.1, 0.15) is 0 Å². The molecule has 0 spiro atoms. The van der Waals surface area contributed by atoms with Crippen LogP contribution in [0.15, 0.2) is 182 Å². The molecular weight excluding hydrogens is 753 g/mol. The molecule has 1 aliphatic carbocycles. The summed E-state index contributed by atoms with van der Waals surface area (Å²) in [6, 6.07) is 66.5. The van der Waals surface area contributed by atoms with Gasteiger partial charge in [-0.05, 0) is 111 Å². The molecular formula is C55H36N2S2. The maximum absolute atomic E-state index is 5.48. The van der Waals surface area contributed by atoms with E-state index >= 15 is 0 Å². The first-order valence-corrected chi connectivity index (χ1v) is 21.8. The minimum Gasteiger partial charge on any atom is -0.228 e. The number of fused-ring (bicyclic) bond motifs is 9. The molecule has 0 unspecified atom stereocenters. The molecule has 59 heavy (non-hydrogen) atoms. The van der Waals surface area contributed by atoms with Crippen LogP contribution >= 0.6 is 22.7 Å². The average Bonchev–Trinajstić information content (AvgIpc) is 3.93. The molecule has 12 rings (SSSR count). The number of thiophene rings is 2. The summed E-state index contributed by atoms with van der Waals surface area (Å²) in [5.41, 5.74) is 14.7. The van der Waals surface area contributed by atoms with Crippen molar-refractivity contribution in [2.24, 2.45) is 0 Å². The maximum atomic E-state index is 5.48. The van der Waals surface area contributed by atoms with Gasteiger partial charge in [0.2, 0.25) is 0 Å². The fourth-order valence-corrected chi connectivity index (χ4v) is 11.5. The van der Waals surface area contributed by atoms with E-state index in [2.05, 4.69) is 196 Å². The summed E-state index contributed by atoms with van der Waals surface area (Å²) in [6.45, 7) is 4.68. The minimum atomic E-state index is -0.126. The normalized spacial score (nSPS) is 13.1. The Morgan fingerprint density at radius 2 is 0.898 bits per heavy atom. The topological polar surface area (TPSA) is 25.8 Å². The Balaban J connectivity index is 1.11. The number of benzene rings is 8. The second kappa shape index (κ2) is 13.2. The Morgan fingerprint density at radius 3 is 1.64 bits per heavy atom. The van der Waals surface area contributed by atoms with Crippen molar-refractivity contribution in [1.29, 1.82) is 0 Å². The standard InChI is InChI=1S/C55H36N2S2/c1-55(2)45-19-9-6-17-41(45)53-42(18-12-20-46(53)55)48-32-47(56-54(57-48)35-24-26-52-44(31-35)40-16-8-11-22-50(40)59-52)38-28-36(33-13-4-3-5-14-33)27-37(29-38)34-23-25-51-43(30-34)39-15-7-10-21-49(39)58-51/h3-32H,1-2H3. The van der Waals surface area contributed by atoms with Crippen molar-refractivity contribution in [2.45, 2.75) is 19.3 Å². The Morgan fingerprint density at radius 1 is 0.356 bits per heavy atom. The second-order valence-corrected chi connectivity index (χ2v) is 18.3. The van der Waals surface area contributed by atoms with Gasteiger partial charge in [0.05, 0.1) is 11.4 Å². The summed E-state index contributed by atoms with van der Waals surface area (Å²) in [7, 11) is 0. The minimum absolute atomic E-state index is 0.126. The van der Waals surface area contributed by atoms with Crippen molar-refractivity contribution in [3.63, 3.8) is 0 Å². The summed E-state index contributed by atoms with van der Waals surface area (Å²) >= 11 is 3.69. The molecule has 8 aromatic carbocycles. The third-order valence-corrected chi connectivity index (χ3v) is 14.6. The quantitative estimate of drug-likeness (QED) is 0.174. The van der Waals surface area contributed by atoms with Gasteiger partial charge >= 0.3 is 0 Å². The van der Waals surface area contributed by atoms with Crippen LogP contribution in [0.5, 0.6) is 0 Å². The lowest BCUT2D eigenvalue weighted by atomic mass is 9.82. The molecule has 3 aromatic heterocycles. The molecule has 0 atom stereocenters. The van der Waals surface area contributed by atoms with Crippen LogP contribution in [0.25, 0.3) is 108 Å². The molecule has 0 saturated heterocycles. The zero-order valence-electron chi connectivity index (χ0n) is 32.5. The van der Waals surface area contributed by atoms with Gasteiger partial charge in [0, 0.05) is 62.4 Å². The Bertz CT molecular complexity index is 3480. The van der Waals surface area contributed by atoms with Crippen LogP contribution in [0.1, 0.15) is 25.0 Å². The summed E-state index contributed by atoms with van der Waals surface area (Å²) in [6.07, 6.45) is 0. The zero-order valence-corrected chi connectivity index (χ0v) is 34.2. The van der Waals surface area contributed by atoms with Crippen LogP contribution in [0.4, 0.5) is 0 Å². The fourth-order valence-electron chi connectivity index (χ4n) is 9.34. The molecule has 0 aliphatic heterocycles. The predicted octanol–water partition coefficient (Wildman–Crippen LogP) is 15.9. The van der Waals surface area contributed by atoms with Crippen molar-refractivity contribution in [2.75, 3.05) is 0 Å². The average molecular weight is 789 g/mol. The third kappa shape index (κ3) is 5.51. The number of rotatable bonds is 5. The monoisotopic (exact) mass is 788 g/mol. The van der Waals surface area contributed by atoms with Crippen molar-refractivity contribution in [3.8, 4) is 67.3 Å². The molecule has 0 radical (unpaired) electrons. The van der Waals surface area contributed by atoms with Crippen LogP contribution in [0.2, 0.25) is 0 Å². The SMILES string of the molecule is CC1(C)c2ccccc2-c2c(-c3cc(-c4cc(-c5ccccc5)cc(-c5ccc6sc7ccccc7c6c5)c4)nc(-c4ccc5sc6ccccc6c5c4)n3)cccc21. The number of hydrogen-bond acceptors (Lipinski definition) is 4. The lowest BCUT2D eigenvalue weighted by Crippen LogP contribution is -2.14. The highest BCUT2D eigenvalue weighted by Gasteiger charge is 2.37. The first kappa shape index (κ1) is 34.3. The van der Waals surface area contributed by atoms with Gasteiger partial charge < -0.3 is 0 Å². The number of hydrogen-bond donors (Lipinski definition) is 0. The predicted molar refractivity (Wildman–Crippen MR) is 253 cm³/mol. The van der Waals surface area contributed by atoms with Crippen LogP contribution < -0.4 is 0 Å². The highest BCUT2D eigenvalue weighted by molar-refractivity contribution is 7.26. The van der Waals surface area contributed by atoms with Crippen LogP contribution in [-0.4, -0.2) is 9.97 Å². The lowest BCUT2D eigenvalue weighted by Gasteiger charge is -2.21. The van der Waals surface area contributed by atoms with E-state index in [1.165, 1.54) is 73.7 Å². The van der Waals surface area contributed by atoms with E-state index < -0.39 is 0 Å². The van der Waals surface area contributed by atoms with Crippen LogP contribution in [-0.2, 0) is 5.41 Å². The van der Waals surface area contributed by atoms with Crippen molar-refractivity contribution in [1.82, 2.24) is 9.97 Å². The Labute approximate surface area is 350 Å². The molecule has 3 heterocycles. The van der Waals surface area contributed by atoms with Crippen LogP contribution in [0, 0.1) is 0 Å². The summed E-state index contributed by atoms with van der Waals surface area (Å²) in [5.74, 6) is 0.718. The number of nitrogens with zero attached hydrogens (tertiary/aromatic N) is 2. The smallest absolute Gasteiger partial charge is 0.160 e. The third-order valence-electron chi connectivity index (χ3n) is 12.3. The lowest BCUT2D eigenvalue weighted by molar-refractivity contribution is 0.660. The van der Waals surface area contributed by atoms with Gasteiger partial charge in [0.15, 0.2) is 5.82 Å². The first-order chi connectivity index (χ1) is 29.0. The van der Waals surface area contributed by atoms with E-state index in [1.54, 1.807) is 0 Å². The summed E-state index contributed by atoms with van der Waals surface area (Å²) in [5, 5.41) is 5.09. The van der Waals surface area contributed by atoms with Gasteiger partial charge in [-0.25, -0.2) is 9.97 Å². The molecule has 0 fully saturated rings.